The number of nitrogens with zero attached hydrogens (tertiary/aromatic N) is 1. The van der Waals surface area contributed by atoms with E-state index in [4.69, 9.17) is 4.74 Å². The van der Waals surface area contributed by atoms with Crippen LogP contribution in [0.3, 0.4) is 0 Å². The van der Waals surface area contributed by atoms with Crippen molar-refractivity contribution in [3.05, 3.63) is 30.3 Å². The van der Waals surface area contributed by atoms with Crippen LogP contribution in [0.5, 0.6) is 0 Å². The summed E-state index contributed by atoms with van der Waals surface area (Å²) in [5.74, 6) is -0.522. The summed E-state index contributed by atoms with van der Waals surface area (Å²) in [6.45, 7) is 1.52. The number of benzene rings is 1. The van der Waals surface area contributed by atoms with Crippen LogP contribution in [-0.2, 0) is 14.3 Å². The monoisotopic (exact) mass is 330 g/mol. The maximum Gasteiger partial charge on any atom is 0.309 e. The highest BCUT2D eigenvalue weighted by molar-refractivity contribution is 5.86. The Kier molecular flexibility index (Phi) is 5.38. The second-order valence-corrected chi connectivity index (χ2v) is 6.78. The van der Waals surface area contributed by atoms with E-state index in [1.165, 1.54) is 7.11 Å². The lowest BCUT2D eigenvalue weighted by atomic mass is 9.93. The van der Waals surface area contributed by atoms with Crippen LogP contribution in [0.15, 0.2) is 30.3 Å². The van der Waals surface area contributed by atoms with Gasteiger partial charge in [-0.15, -0.1) is 0 Å². The van der Waals surface area contributed by atoms with Crippen LogP contribution in [0.25, 0.3) is 0 Å². The molecule has 1 heterocycles. The summed E-state index contributed by atoms with van der Waals surface area (Å²) in [6, 6.07) is 10.6. The third-order valence-corrected chi connectivity index (χ3v) is 5.29. The van der Waals surface area contributed by atoms with Crippen LogP contribution >= 0.6 is 0 Å². The van der Waals surface area contributed by atoms with Crippen molar-refractivity contribution < 1.29 is 14.3 Å². The molecule has 24 heavy (non-hydrogen) atoms. The molecule has 2 atom stereocenters. The van der Waals surface area contributed by atoms with Crippen LogP contribution in [-0.4, -0.2) is 43.0 Å². The van der Waals surface area contributed by atoms with Gasteiger partial charge in [0.15, 0.2) is 0 Å². The van der Waals surface area contributed by atoms with Crippen molar-refractivity contribution in [2.45, 2.75) is 38.1 Å². The quantitative estimate of drug-likeness (QED) is 0.862. The maximum atomic E-state index is 12.8. The molecule has 1 N–H and O–H groups in total. The molecule has 2 unspecified atom stereocenters. The number of carbonyl (C=O) groups is 2. The van der Waals surface area contributed by atoms with E-state index in [9.17, 15) is 9.59 Å². The number of hydrogen-bond acceptors (Lipinski definition) is 4. The fourth-order valence-electron chi connectivity index (χ4n) is 3.94. The Balaban J connectivity index is 1.52. The number of nitrogens with one attached hydrogen (secondary N) is 1. The van der Waals surface area contributed by atoms with E-state index in [0.29, 0.717) is 6.04 Å². The molecule has 2 fully saturated rings. The largest absolute Gasteiger partial charge is 0.469 e. The molecule has 0 bridgehead atoms. The highest BCUT2D eigenvalue weighted by Crippen LogP contribution is 2.34. The lowest BCUT2D eigenvalue weighted by Crippen LogP contribution is -2.46. The fraction of sp³-hybridized carbons (Fsp3) is 0.579. The smallest absolute Gasteiger partial charge is 0.309 e. The number of carbonyl (C=O) groups excluding carboxylic acids is 2. The highest BCUT2D eigenvalue weighted by Gasteiger charge is 2.40. The molecule has 0 spiro atoms. The molecule has 0 aromatic heterocycles. The number of para-hydroxylation sites is 1. The summed E-state index contributed by atoms with van der Waals surface area (Å²) in [5, 5.41) is 3.53. The summed E-state index contributed by atoms with van der Waals surface area (Å²) < 4.78 is 4.87. The van der Waals surface area contributed by atoms with E-state index in [-0.39, 0.29) is 23.7 Å². The zero-order valence-electron chi connectivity index (χ0n) is 14.2. The Bertz CT molecular complexity index is 567. The van der Waals surface area contributed by atoms with Gasteiger partial charge in [-0.3, -0.25) is 9.59 Å². The SMILES string of the molecule is COC(=O)C1CCCC1C(=O)N1CCC(Nc2ccccc2)CC1. The minimum Gasteiger partial charge on any atom is -0.469 e. The van der Waals surface area contributed by atoms with Crippen LogP contribution in [0, 0.1) is 11.8 Å². The van der Waals surface area contributed by atoms with E-state index in [2.05, 4.69) is 17.4 Å². The third kappa shape index (κ3) is 3.71. The average molecular weight is 330 g/mol. The van der Waals surface area contributed by atoms with Gasteiger partial charge in [0.2, 0.25) is 5.91 Å². The summed E-state index contributed by atoms with van der Waals surface area (Å²) in [5.41, 5.74) is 1.13. The van der Waals surface area contributed by atoms with Crippen molar-refractivity contribution in [3.8, 4) is 0 Å². The minimum absolute atomic E-state index is 0.140. The number of amides is 1. The molecule has 1 saturated carbocycles. The molecule has 1 saturated heterocycles. The van der Waals surface area contributed by atoms with E-state index >= 15 is 0 Å². The van der Waals surface area contributed by atoms with Gasteiger partial charge < -0.3 is 15.0 Å². The van der Waals surface area contributed by atoms with E-state index in [1.807, 2.05) is 23.1 Å². The summed E-state index contributed by atoms with van der Waals surface area (Å²) in [7, 11) is 1.41. The Labute approximate surface area is 143 Å². The van der Waals surface area contributed by atoms with Crippen molar-refractivity contribution >= 4 is 17.6 Å². The molecule has 5 nitrogen and oxygen atoms in total. The first-order chi connectivity index (χ1) is 11.7. The molecule has 2 aliphatic rings. The number of anilines is 1. The average Bonchev–Trinajstić information content (AvgIpc) is 3.12. The number of methoxy groups -OCH3 is 1. The molecule has 1 aliphatic heterocycles. The van der Waals surface area contributed by atoms with Gasteiger partial charge >= 0.3 is 5.97 Å². The Hall–Kier alpha value is -2.04. The second-order valence-electron chi connectivity index (χ2n) is 6.78. The molecular weight excluding hydrogens is 304 g/mol. The first-order valence-corrected chi connectivity index (χ1v) is 8.87. The molecular formula is C19H26N2O3. The van der Waals surface area contributed by atoms with Crippen LogP contribution < -0.4 is 5.32 Å². The zero-order chi connectivity index (χ0) is 16.9. The van der Waals surface area contributed by atoms with Gasteiger partial charge in [0.05, 0.1) is 18.9 Å². The number of hydrogen-bond donors (Lipinski definition) is 1. The number of ether oxygens (including phenoxy) is 1. The second kappa shape index (κ2) is 7.69. The van der Waals surface area contributed by atoms with Crippen molar-refractivity contribution in [2.75, 3.05) is 25.5 Å². The summed E-state index contributed by atoms with van der Waals surface area (Å²) >= 11 is 0. The Morgan fingerprint density at radius 1 is 1.04 bits per heavy atom. The highest BCUT2D eigenvalue weighted by atomic mass is 16.5. The van der Waals surface area contributed by atoms with E-state index in [1.54, 1.807) is 0 Å². The third-order valence-electron chi connectivity index (χ3n) is 5.29. The lowest BCUT2D eigenvalue weighted by Gasteiger charge is -2.35. The Morgan fingerprint density at radius 2 is 1.71 bits per heavy atom. The fourth-order valence-corrected chi connectivity index (χ4v) is 3.94. The molecule has 1 aromatic rings. The van der Waals surface area contributed by atoms with Crippen molar-refractivity contribution in [2.24, 2.45) is 11.8 Å². The van der Waals surface area contributed by atoms with Gasteiger partial charge in [0.25, 0.3) is 0 Å². The molecule has 0 radical (unpaired) electrons. The number of likely N-dealkylation sites (tertiary alicyclic amines) is 1. The first-order valence-electron chi connectivity index (χ1n) is 8.87. The van der Waals surface area contributed by atoms with Crippen LogP contribution in [0.2, 0.25) is 0 Å². The van der Waals surface area contributed by atoms with Gasteiger partial charge in [-0.2, -0.15) is 0 Å². The number of esters is 1. The summed E-state index contributed by atoms with van der Waals surface area (Å²) in [4.78, 5) is 26.6. The molecule has 1 amide bonds. The van der Waals surface area contributed by atoms with Crippen molar-refractivity contribution in [1.82, 2.24) is 4.90 Å². The molecule has 1 aromatic carbocycles. The molecule has 130 valence electrons. The van der Waals surface area contributed by atoms with Crippen molar-refractivity contribution in [1.29, 1.82) is 0 Å². The minimum atomic E-state index is -0.248. The number of rotatable bonds is 4. The van der Waals surface area contributed by atoms with E-state index < -0.39 is 0 Å². The first kappa shape index (κ1) is 16.8. The number of piperidine rings is 1. The molecule has 3 rings (SSSR count). The normalized spacial score (nSPS) is 24.6. The predicted octanol–water partition coefficient (Wildman–Crippen LogP) is 2.68. The van der Waals surface area contributed by atoms with Gasteiger partial charge in [0.1, 0.15) is 0 Å². The van der Waals surface area contributed by atoms with Crippen LogP contribution in [0.4, 0.5) is 5.69 Å². The van der Waals surface area contributed by atoms with Gasteiger partial charge in [0, 0.05) is 24.8 Å². The molecule has 5 heteroatoms. The lowest BCUT2D eigenvalue weighted by molar-refractivity contribution is -0.152. The standard InChI is InChI=1S/C19H26N2O3/c1-24-19(23)17-9-5-8-16(17)18(22)21-12-10-15(11-13-21)20-14-6-3-2-4-7-14/h2-4,6-7,15-17,20H,5,8-13H2,1H3. The van der Waals surface area contributed by atoms with Gasteiger partial charge in [-0.1, -0.05) is 24.6 Å². The molecule has 1 aliphatic carbocycles. The summed E-state index contributed by atoms with van der Waals surface area (Å²) in [6.07, 6.45) is 4.39. The van der Waals surface area contributed by atoms with Gasteiger partial charge in [-0.05, 0) is 37.8 Å². The zero-order valence-corrected chi connectivity index (χ0v) is 14.2. The van der Waals surface area contributed by atoms with Gasteiger partial charge in [-0.25, -0.2) is 0 Å². The Morgan fingerprint density at radius 3 is 2.38 bits per heavy atom. The maximum absolute atomic E-state index is 12.8. The van der Waals surface area contributed by atoms with E-state index in [0.717, 1.165) is 50.9 Å². The predicted molar refractivity (Wildman–Crippen MR) is 92.5 cm³/mol. The van der Waals surface area contributed by atoms with Crippen molar-refractivity contribution in [3.63, 3.8) is 0 Å². The van der Waals surface area contributed by atoms with Crippen LogP contribution in [0.1, 0.15) is 32.1 Å². The topological polar surface area (TPSA) is 58.6 Å².